The Morgan fingerprint density at radius 2 is 1.17 bits per heavy atom. The van der Waals surface area contributed by atoms with Gasteiger partial charge >= 0.3 is 34.3 Å². The molecule has 0 fully saturated rings. The molecule has 0 aromatic carbocycles. The predicted octanol–water partition coefficient (Wildman–Crippen LogP) is 2.62. The van der Waals surface area contributed by atoms with E-state index in [2.05, 4.69) is 44.2 Å². The first-order valence-corrected chi connectivity index (χ1v) is 11.3. The molecule has 0 aromatic rings. The molecule has 0 unspecified atom stereocenters. The summed E-state index contributed by atoms with van der Waals surface area (Å²) in [4.78, 5) is 0. The van der Waals surface area contributed by atoms with Crippen molar-refractivity contribution in [1.29, 1.82) is 0 Å². The second-order valence-corrected chi connectivity index (χ2v) is 1.96. The Bertz CT molecular complexity index is 10.8. The molecule has 4 heteroatoms. The molecule has 0 amide bonds. The minimum atomic E-state index is 1.05. The topological polar surface area (TPSA) is 0 Å². The van der Waals surface area contributed by atoms with Crippen molar-refractivity contribution in [1.82, 2.24) is 0 Å². The summed E-state index contributed by atoms with van der Waals surface area (Å²) >= 11 is 10.6. The maximum atomic E-state index is 3.20. The van der Waals surface area contributed by atoms with Gasteiger partial charge in [-0.25, -0.2) is 0 Å². The normalized spacial score (nSPS) is 5.67. The Hall–Kier alpha value is 2.31. The van der Waals surface area contributed by atoms with Gasteiger partial charge in [0.2, 0.25) is 0 Å². The number of alkyl halides is 2. The Balaban J connectivity index is 0. The fourth-order valence-electron chi connectivity index (χ4n) is 0. The van der Waals surface area contributed by atoms with Crippen molar-refractivity contribution in [3.05, 3.63) is 0 Å². The van der Waals surface area contributed by atoms with E-state index in [0.29, 0.717) is 0 Å². The monoisotopic (exact) mass is 445 g/mol. The third-order valence-electron chi connectivity index (χ3n) is 0.0714. The quantitative estimate of drug-likeness (QED) is 0.430. The molecule has 0 aliphatic heterocycles. The molecular weight excluding hydrogens is 442 g/mol. The number of rotatable bonds is 1. The molecule has 0 bridgehead atoms. The van der Waals surface area contributed by atoms with E-state index in [1.807, 2.05) is 0 Å². The van der Waals surface area contributed by atoms with Gasteiger partial charge in [0.15, 0.2) is 0 Å². The summed E-state index contributed by atoms with van der Waals surface area (Å²) in [5.41, 5.74) is 0. The zero-order valence-corrected chi connectivity index (χ0v) is 11.4. The van der Waals surface area contributed by atoms with Gasteiger partial charge in [0.25, 0.3) is 0 Å². The fraction of sp³-hybridized carbons (Fsp3) is 1.00. The molecule has 0 N–H and O–H groups in total. The van der Waals surface area contributed by atoms with Crippen LogP contribution in [0.2, 0.25) is 0 Å². The van der Waals surface area contributed by atoms with E-state index in [0.717, 1.165) is 32.7 Å². The van der Waals surface area contributed by atoms with Crippen molar-refractivity contribution >= 4 is 44.2 Å². The van der Waals surface area contributed by atoms with E-state index in [1.165, 1.54) is 0 Å². The van der Waals surface area contributed by atoms with Gasteiger partial charge in [-0.15, -0.1) is 0 Å². The van der Waals surface area contributed by atoms with E-state index >= 15 is 0 Å². The third kappa shape index (κ3) is 16.2. The van der Waals surface area contributed by atoms with Crippen molar-refractivity contribution < 1.29 is 22.0 Å². The Kier molecular flexibility index (Phi) is 29.1. The van der Waals surface area contributed by atoms with Gasteiger partial charge in [-0.3, -0.25) is 0 Å². The third-order valence-corrected chi connectivity index (χ3v) is 1.93. The maximum absolute atomic E-state index is 3.20. The Morgan fingerprint density at radius 3 is 1.17 bits per heavy atom. The van der Waals surface area contributed by atoms with Crippen molar-refractivity contribution in [3.63, 3.8) is 0 Å². The van der Waals surface area contributed by atoms with Gasteiger partial charge in [0.05, 0.1) is 0 Å². The van der Waals surface area contributed by atoms with Crippen LogP contribution in [0.1, 0.15) is 0 Å². The van der Waals surface area contributed by atoms with Crippen LogP contribution < -0.4 is 0 Å². The van der Waals surface area contributed by atoms with Crippen LogP contribution in [0, 0.1) is 0 Å². The first-order valence-electron chi connectivity index (χ1n) is 1.22. The summed E-state index contributed by atoms with van der Waals surface area (Å²) in [5.74, 6) is 0. The van der Waals surface area contributed by atoms with Crippen LogP contribution >= 0.6 is 44.2 Å². The van der Waals surface area contributed by atoms with Crippen molar-refractivity contribution in [2.75, 3.05) is 10.7 Å². The number of hydrogen-bond acceptors (Lipinski definition) is 0. The van der Waals surface area contributed by atoms with Gasteiger partial charge in [-0.1, -0.05) is 31.9 Å². The molecule has 37 valence electrons. The van der Waals surface area contributed by atoms with Gasteiger partial charge in [-0.2, -0.15) is 0 Å². The first kappa shape index (κ1) is 11.2. The van der Waals surface area contributed by atoms with Crippen LogP contribution in [0.4, 0.5) is 0 Å². The number of hydrogen-bond donors (Lipinski definition) is 0. The standard InChI is InChI=1S/C2H4Br2.BrH.Hf/c3-1-2-4;;/h1-2H2;1H;/q;;+1/p-1. The SMILES string of the molecule is BrCCBr.[Br][Hf]. The van der Waals surface area contributed by atoms with Crippen LogP contribution in [0.5, 0.6) is 0 Å². The summed E-state index contributed by atoms with van der Waals surface area (Å²) in [7, 11) is 0. The second kappa shape index (κ2) is 15.7. The van der Waals surface area contributed by atoms with Gasteiger partial charge in [-0.05, 0) is 0 Å². The minimum absolute atomic E-state index is 1.05. The molecule has 0 spiro atoms. The number of halogens is 3. The van der Waals surface area contributed by atoms with E-state index in [-0.39, 0.29) is 0 Å². The van der Waals surface area contributed by atoms with Crippen LogP contribution in [-0.2, 0) is 22.0 Å². The van der Waals surface area contributed by atoms with E-state index in [9.17, 15) is 0 Å². The average molecular weight is 446 g/mol. The van der Waals surface area contributed by atoms with Crippen molar-refractivity contribution in [3.8, 4) is 0 Å². The van der Waals surface area contributed by atoms with E-state index < -0.39 is 0 Å². The first-order chi connectivity index (χ1) is 2.91. The molecule has 0 saturated heterocycles. The Morgan fingerprint density at radius 1 is 1.00 bits per heavy atom. The molecule has 0 saturated carbocycles. The summed E-state index contributed by atoms with van der Waals surface area (Å²) in [6.45, 7) is 0. The van der Waals surface area contributed by atoms with Crippen LogP contribution in [-0.4, -0.2) is 10.7 Å². The molecular formula is C2H4Br3Hf. The average Bonchev–Trinajstić information content (AvgIpc) is 1.72. The Labute approximate surface area is 75.8 Å². The van der Waals surface area contributed by atoms with E-state index in [4.69, 9.17) is 0 Å². The molecule has 0 heterocycles. The molecule has 0 aromatic heterocycles. The predicted molar refractivity (Wildman–Crippen MR) is 36.5 cm³/mol. The van der Waals surface area contributed by atoms with Crippen LogP contribution in [0.25, 0.3) is 0 Å². The zero-order valence-electron chi connectivity index (χ0n) is 3.05. The van der Waals surface area contributed by atoms with Crippen LogP contribution in [0.3, 0.4) is 0 Å². The second-order valence-electron chi connectivity index (χ2n) is 0.378. The van der Waals surface area contributed by atoms with Gasteiger partial charge in [0, 0.05) is 10.7 Å². The van der Waals surface area contributed by atoms with Gasteiger partial charge in [0.1, 0.15) is 0 Å². The van der Waals surface area contributed by atoms with E-state index in [1.54, 1.807) is 0 Å². The molecule has 0 rings (SSSR count). The van der Waals surface area contributed by atoms with Crippen LogP contribution in [0.15, 0.2) is 0 Å². The summed E-state index contributed by atoms with van der Waals surface area (Å²) < 4.78 is 0. The van der Waals surface area contributed by atoms with Crippen molar-refractivity contribution in [2.24, 2.45) is 0 Å². The van der Waals surface area contributed by atoms with Crippen molar-refractivity contribution in [2.45, 2.75) is 0 Å². The molecule has 0 atom stereocenters. The van der Waals surface area contributed by atoms with Gasteiger partial charge < -0.3 is 0 Å². The summed E-state index contributed by atoms with van der Waals surface area (Å²) in [6, 6.07) is 0. The molecule has 0 nitrogen and oxygen atoms in total. The molecule has 0 aliphatic carbocycles. The summed E-state index contributed by atoms with van der Waals surface area (Å²) in [5, 5.41) is 2.10. The summed E-state index contributed by atoms with van der Waals surface area (Å²) in [6.07, 6.45) is 0. The zero-order chi connectivity index (χ0) is 5.41. The fourth-order valence-corrected chi connectivity index (χ4v) is 0. The molecule has 0 aliphatic rings. The molecule has 0 radical (unpaired) electrons. The molecule has 6 heavy (non-hydrogen) atoms.